The van der Waals surface area contributed by atoms with Crippen molar-refractivity contribution in [1.82, 2.24) is 5.32 Å². The topological polar surface area (TPSA) is 122 Å². The molecule has 0 aromatic heterocycles. The summed E-state index contributed by atoms with van der Waals surface area (Å²) < 4.78 is 10.4. The van der Waals surface area contributed by atoms with Crippen molar-refractivity contribution in [3.8, 4) is 11.5 Å². The molecular formula is C23H21NO7. The van der Waals surface area contributed by atoms with Crippen molar-refractivity contribution in [3.63, 3.8) is 0 Å². The van der Waals surface area contributed by atoms with Gasteiger partial charge in [-0.1, -0.05) is 36.4 Å². The predicted molar refractivity (Wildman–Crippen MR) is 110 cm³/mol. The molecule has 1 saturated heterocycles. The molecule has 1 fully saturated rings. The van der Waals surface area contributed by atoms with Crippen molar-refractivity contribution in [2.75, 3.05) is 0 Å². The Morgan fingerprint density at radius 2 is 1.84 bits per heavy atom. The highest BCUT2D eigenvalue weighted by Crippen LogP contribution is 2.26. The van der Waals surface area contributed by atoms with Gasteiger partial charge in [0.25, 0.3) is 0 Å². The third-order valence-corrected chi connectivity index (χ3v) is 4.57. The lowest BCUT2D eigenvalue weighted by Gasteiger charge is -2.33. The fraction of sp³-hybridized carbons (Fsp3) is 0.174. The highest BCUT2D eigenvalue weighted by molar-refractivity contribution is 5.96. The van der Waals surface area contributed by atoms with Crippen molar-refractivity contribution < 1.29 is 34.1 Å². The van der Waals surface area contributed by atoms with E-state index in [-0.39, 0.29) is 24.0 Å². The number of phenolic OH excluding ortho intramolecular Hbond substituents is 2. The molecule has 0 aliphatic carbocycles. The summed E-state index contributed by atoms with van der Waals surface area (Å²) in [5, 5.41) is 21.3. The number of rotatable bonds is 7. The Kier molecular flexibility index (Phi) is 6.71. The maximum absolute atomic E-state index is 12.1. The van der Waals surface area contributed by atoms with Crippen molar-refractivity contribution in [2.45, 2.75) is 19.6 Å². The van der Waals surface area contributed by atoms with Crippen molar-refractivity contribution in [3.05, 3.63) is 77.5 Å². The van der Waals surface area contributed by atoms with Crippen LogP contribution in [0.3, 0.4) is 0 Å². The Morgan fingerprint density at radius 1 is 1.10 bits per heavy atom. The molecule has 2 aromatic carbocycles. The van der Waals surface area contributed by atoms with Gasteiger partial charge in [0.15, 0.2) is 11.5 Å². The fourth-order valence-corrected chi connectivity index (χ4v) is 2.95. The Morgan fingerprint density at radius 3 is 2.52 bits per heavy atom. The van der Waals surface area contributed by atoms with E-state index in [2.05, 4.69) is 5.32 Å². The molecular weight excluding hydrogens is 402 g/mol. The van der Waals surface area contributed by atoms with Gasteiger partial charge in [-0.3, -0.25) is 4.79 Å². The molecule has 1 aliphatic rings. The number of benzene rings is 2. The average Bonchev–Trinajstić information content (AvgIpc) is 2.73. The summed E-state index contributed by atoms with van der Waals surface area (Å²) >= 11 is 0. The highest BCUT2D eigenvalue weighted by atomic mass is 16.5. The van der Waals surface area contributed by atoms with E-state index in [1.54, 1.807) is 6.92 Å². The summed E-state index contributed by atoms with van der Waals surface area (Å²) in [4.78, 5) is 36.0. The van der Waals surface area contributed by atoms with Gasteiger partial charge in [-0.15, -0.1) is 0 Å². The third kappa shape index (κ3) is 5.72. The average molecular weight is 423 g/mol. The summed E-state index contributed by atoms with van der Waals surface area (Å²) in [5.74, 6) is -3.07. The first-order chi connectivity index (χ1) is 14.8. The van der Waals surface area contributed by atoms with Gasteiger partial charge < -0.3 is 25.0 Å². The van der Waals surface area contributed by atoms with Crippen LogP contribution in [0.4, 0.5) is 0 Å². The van der Waals surface area contributed by atoms with E-state index in [1.165, 1.54) is 30.4 Å². The minimum absolute atomic E-state index is 0.101. The van der Waals surface area contributed by atoms with E-state index < -0.39 is 24.0 Å². The SMILES string of the molecule is C[C@@H](OC(=O)/C=C/c1ccc(O)c(O)c1)[C@H]1C(=O)N/C1=C\C(=O)OCc1ccccc1. The zero-order valence-corrected chi connectivity index (χ0v) is 16.6. The Labute approximate surface area is 178 Å². The number of aromatic hydroxyl groups is 2. The van der Waals surface area contributed by atoms with Crippen LogP contribution in [-0.2, 0) is 30.5 Å². The standard InChI is InChI=1S/C23H21NO7/c1-14(31-20(27)10-8-15-7-9-18(25)19(26)11-15)22-17(24-23(22)29)12-21(28)30-13-16-5-3-2-4-6-16/h2-12,14,22,25-26H,13H2,1H3,(H,24,29)/b10-8+,17-12-/t14-,22-/m1/s1. The van der Waals surface area contributed by atoms with E-state index in [1.807, 2.05) is 30.3 Å². The molecule has 8 heteroatoms. The molecule has 3 rings (SSSR count). The second-order valence-electron chi connectivity index (χ2n) is 6.88. The zero-order valence-electron chi connectivity index (χ0n) is 16.6. The molecule has 1 aliphatic heterocycles. The first-order valence-electron chi connectivity index (χ1n) is 9.47. The predicted octanol–water partition coefficient (Wildman–Crippen LogP) is 2.42. The van der Waals surface area contributed by atoms with Crippen LogP contribution in [-0.4, -0.2) is 34.2 Å². The molecule has 0 radical (unpaired) electrons. The molecule has 0 spiro atoms. The minimum Gasteiger partial charge on any atom is -0.504 e. The lowest BCUT2D eigenvalue weighted by Crippen LogP contribution is -2.52. The Hall–Kier alpha value is -4.07. The zero-order chi connectivity index (χ0) is 22.4. The molecule has 0 saturated carbocycles. The van der Waals surface area contributed by atoms with Gasteiger partial charge >= 0.3 is 11.9 Å². The number of nitrogens with one attached hydrogen (secondary N) is 1. The summed E-state index contributed by atoms with van der Waals surface area (Å²) in [6, 6.07) is 13.2. The third-order valence-electron chi connectivity index (χ3n) is 4.57. The highest BCUT2D eigenvalue weighted by Gasteiger charge is 2.40. The fourth-order valence-electron chi connectivity index (χ4n) is 2.95. The largest absolute Gasteiger partial charge is 0.504 e. The number of phenols is 2. The number of hydrogen-bond donors (Lipinski definition) is 3. The maximum atomic E-state index is 12.1. The minimum atomic E-state index is -0.813. The van der Waals surface area contributed by atoms with Gasteiger partial charge in [0.05, 0.1) is 0 Å². The monoisotopic (exact) mass is 423 g/mol. The van der Waals surface area contributed by atoms with Crippen LogP contribution in [0, 0.1) is 5.92 Å². The number of hydrogen-bond acceptors (Lipinski definition) is 7. The molecule has 2 aromatic rings. The molecule has 0 bridgehead atoms. The molecule has 1 heterocycles. The molecule has 1 amide bonds. The van der Waals surface area contributed by atoms with Gasteiger partial charge in [-0.05, 0) is 36.3 Å². The molecule has 2 atom stereocenters. The number of β-lactam (4-membered cyclic amide) rings is 1. The molecule has 3 N–H and O–H groups in total. The lowest BCUT2D eigenvalue weighted by atomic mass is 9.90. The summed E-state index contributed by atoms with van der Waals surface area (Å²) in [5.41, 5.74) is 1.62. The van der Waals surface area contributed by atoms with Gasteiger partial charge in [0.2, 0.25) is 5.91 Å². The molecule has 8 nitrogen and oxygen atoms in total. The van der Waals surface area contributed by atoms with E-state index >= 15 is 0 Å². The summed E-state index contributed by atoms with van der Waals surface area (Å²) in [6.07, 6.45) is 2.89. The first kappa shape index (κ1) is 21.6. The van der Waals surface area contributed by atoms with Crippen molar-refractivity contribution in [2.24, 2.45) is 5.92 Å². The number of ether oxygens (including phenoxy) is 2. The first-order valence-corrected chi connectivity index (χ1v) is 9.47. The van der Waals surface area contributed by atoms with Crippen molar-refractivity contribution >= 4 is 23.9 Å². The Bertz CT molecular complexity index is 1040. The van der Waals surface area contributed by atoms with Crippen LogP contribution in [0.15, 0.2) is 66.4 Å². The Balaban J connectivity index is 1.55. The molecule has 0 unspecified atom stereocenters. The second kappa shape index (κ2) is 9.62. The summed E-state index contributed by atoms with van der Waals surface area (Å²) in [6.45, 7) is 1.65. The van der Waals surface area contributed by atoms with Crippen LogP contribution in [0.2, 0.25) is 0 Å². The van der Waals surface area contributed by atoms with Crippen LogP contribution >= 0.6 is 0 Å². The van der Waals surface area contributed by atoms with E-state index in [0.29, 0.717) is 11.3 Å². The van der Waals surface area contributed by atoms with Gasteiger partial charge in [-0.25, -0.2) is 9.59 Å². The van der Waals surface area contributed by atoms with Crippen LogP contribution in [0.1, 0.15) is 18.1 Å². The van der Waals surface area contributed by atoms with E-state index in [4.69, 9.17) is 9.47 Å². The number of carbonyl (C=O) groups excluding carboxylic acids is 3. The van der Waals surface area contributed by atoms with Crippen molar-refractivity contribution in [1.29, 1.82) is 0 Å². The second-order valence-corrected chi connectivity index (χ2v) is 6.88. The molecule has 160 valence electrons. The van der Waals surface area contributed by atoms with Gasteiger partial charge in [0, 0.05) is 17.8 Å². The number of carbonyl (C=O) groups is 3. The van der Waals surface area contributed by atoms with Crippen LogP contribution in [0.25, 0.3) is 6.08 Å². The maximum Gasteiger partial charge on any atom is 0.332 e. The van der Waals surface area contributed by atoms with Gasteiger partial charge in [0.1, 0.15) is 18.6 Å². The smallest absolute Gasteiger partial charge is 0.332 e. The lowest BCUT2D eigenvalue weighted by molar-refractivity contribution is -0.148. The van der Waals surface area contributed by atoms with Gasteiger partial charge in [-0.2, -0.15) is 0 Å². The normalized spacial score (nSPS) is 17.6. The molecule has 31 heavy (non-hydrogen) atoms. The van der Waals surface area contributed by atoms with Crippen LogP contribution in [0.5, 0.6) is 11.5 Å². The number of esters is 2. The van der Waals surface area contributed by atoms with E-state index in [9.17, 15) is 24.6 Å². The van der Waals surface area contributed by atoms with E-state index in [0.717, 1.165) is 11.6 Å². The quantitative estimate of drug-likeness (QED) is 0.271. The summed E-state index contributed by atoms with van der Waals surface area (Å²) in [7, 11) is 0. The van der Waals surface area contributed by atoms with Crippen LogP contribution < -0.4 is 5.32 Å². The number of amides is 1.